The zero-order chi connectivity index (χ0) is 14.1. The summed E-state index contributed by atoms with van der Waals surface area (Å²) in [5, 5.41) is 4.98. The van der Waals surface area contributed by atoms with E-state index in [-0.39, 0.29) is 5.91 Å². The smallest absolute Gasteiger partial charge is 0.259 e. The molecule has 20 heavy (non-hydrogen) atoms. The molecule has 2 aromatic rings. The fourth-order valence-electron chi connectivity index (χ4n) is 2.05. The van der Waals surface area contributed by atoms with Crippen molar-refractivity contribution in [3.63, 3.8) is 0 Å². The number of rotatable bonds is 1. The van der Waals surface area contributed by atoms with Crippen molar-refractivity contribution in [3.8, 4) is 0 Å². The van der Waals surface area contributed by atoms with Crippen molar-refractivity contribution in [2.24, 2.45) is 4.99 Å². The Bertz CT molecular complexity index is 730. The molecule has 1 aromatic heterocycles. The molecule has 1 aliphatic rings. The Labute approximate surface area is 125 Å². The Kier molecular flexibility index (Phi) is 3.63. The van der Waals surface area contributed by atoms with Crippen LogP contribution < -0.4 is 5.32 Å². The van der Waals surface area contributed by atoms with Gasteiger partial charge in [0.15, 0.2) is 5.17 Å². The summed E-state index contributed by atoms with van der Waals surface area (Å²) < 4.78 is 0. The number of halogens is 1. The largest absolute Gasteiger partial charge is 0.301 e. The van der Waals surface area contributed by atoms with Crippen LogP contribution in [0.2, 0.25) is 5.02 Å². The van der Waals surface area contributed by atoms with E-state index in [0.717, 1.165) is 23.2 Å². The van der Waals surface area contributed by atoms with Crippen molar-refractivity contribution in [1.29, 1.82) is 0 Å². The van der Waals surface area contributed by atoms with Crippen molar-refractivity contribution < 1.29 is 4.79 Å². The van der Waals surface area contributed by atoms with E-state index < -0.39 is 0 Å². The number of hydrogen-bond acceptors (Lipinski definition) is 4. The third kappa shape index (κ3) is 2.64. The molecular formula is C14H12ClN3OS. The first-order valence-electron chi connectivity index (χ1n) is 6.19. The predicted octanol–water partition coefficient (Wildman–Crippen LogP) is 3.03. The molecule has 6 heteroatoms. The van der Waals surface area contributed by atoms with Gasteiger partial charge < -0.3 is 5.32 Å². The van der Waals surface area contributed by atoms with Gasteiger partial charge in [0, 0.05) is 16.2 Å². The average Bonchev–Trinajstić information content (AvgIpc) is 2.91. The summed E-state index contributed by atoms with van der Waals surface area (Å²) >= 11 is 7.53. The second-order valence-electron chi connectivity index (χ2n) is 4.45. The first-order chi connectivity index (χ1) is 9.63. The number of amides is 1. The van der Waals surface area contributed by atoms with E-state index in [1.165, 1.54) is 0 Å². The van der Waals surface area contributed by atoms with Gasteiger partial charge in [-0.05, 0) is 31.2 Å². The number of thioether (sulfide) groups is 1. The lowest BCUT2D eigenvalue weighted by Gasteiger charge is -2.08. The number of amidine groups is 1. The van der Waals surface area contributed by atoms with Gasteiger partial charge in [0.05, 0.1) is 23.3 Å². The highest BCUT2D eigenvalue weighted by molar-refractivity contribution is 8.14. The van der Waals surface area contributed by atoms with Gasteiger partial charge in [-0.15, -0.1) is 0 Å². The molecule has 0 spiro atoms. The Balaban J connectivity index is 1.97. The van der Waals surface area contributed by atoms with Gasteiger partial charge in [0.2, 0.25) is 0 Å². The summed E-state index contributed by atoms with van der Waals surface area (Å²) in [5.74, 6) is 0.741. The highest BCUT2D eigenvalue weighted by Crippen LogP contribution is 2.21. The molecular weight excluding hydrogens is 294 g/mol. The van der Waals surface area contributed by atoms with Gasteiger partial charge in [-0.3, -0.25) is 14.8 Å². The van der Waals surface area contributed by atoms with Crippen LogP contribution in [0.15, 0.2) is 29.3 Å². The number of pyridine rings is 1. The molecule has 4 nitrogen and oxygen atoms in total. The van der Waals surface area contributed by atoms with Crippen molar-refractivity contribution in [2.75, 3.05) is 12.3 Å². The van der Waals surface area contributed by atoms with E-state index in [1.807, 2.05) is 25.1 Å². The number of benzene rings is 1. The summed E-state index contributed by atoms with van der Waals surface area (Å²) in [6.07, 6.45) is 0. The molecule has 0 radical (unpaired) electrons. The molecule has 0 saturated carbocycles. The van der Waals surface area contributed by atoms with Crippen LogP contribution in [0.4, 0.5) is 0 Å². The maximum absolute atomic E-state index is 12.3. The molecule has 1 amide bonds. The molecule has 2 heterocycles. The van der Waals surface area contributed by atoms with Crippen LogP contribution in [-0.2, 0) is 0 Å². The normalized spacial score (nSPS) is 14.4. The van der Waals surface area contributed by atoms with Crippen LogP contribution in [0.1, 0.15) is 16.1 Å². The lowest BCUT2D eigenvalue weighted by Crippen LogP contribution is -2.28. The van der Waals surface area contributed by atoms with E-state index >= 15 is 0 Å². The monoisotopic (exact) mass is 305 g/mol. The number of nitrogens with zero attached hydrogens (tertiary/aromatic N) is 2. The van der Waals surface area contributed by atoms with Crippen molar-refractivity contribution in [1.82, 2.24) is 10.3 Å². The molecule has 0 aliphatic carbocycles. The first-order valence-corrected chi connectivity index (χ1v) is 7.55. The minimum absolute atomic E-state index is 0.176. The van der Waals surface area contributed by atoms with E-state index in [1.54, 1.807) is 17.8 Å². The number of aliphatic imine (C=N–C) groups is 1. The number of nitrogens with one attached hydrogen (secondary N) is 1. The summed E-state index contributed by atoms with van der Waals surface area (Å²) in [7, 11) is 0. The van der Waals surface area contributed by atoms with Gasteiger partial charge in [-0.2, -0.15) is 0 Å². The van der Waals surface area contributed by atoms with Gasteiger partial charge in [-0.25, -0.2) is 0 Å². The molecule has 0 saturated heterocycles. The summed E-state index contributed by atoms with van der Waals surface area (Å²) in [6, 6.07) is 7.27. The lowest BCUT2D eigenvalue weighted by molar-refractivity contribution is 0.0977. The third-order valence-electron chi connectivity index (χ3n) is 3.02. The van der Waals surface area contributed by atoms with E-state index in [2.05, 4.69) is 15.3 Å². The molecule has 0 fully saturated rings. The number of fused-ring (bicyclic) bond motifs is 1. The maximum atomic E-state index is 12.3. The van der Waals surface area contributed by atoms with E-state index in [0.29, 0.717) is 21.4 Å². The Hall–Kier alpha value is -1.59. The quantitative estimate of drug-likeness (QED) is 0.881. The van der Waals surface area contributed by atoms with Crippen molar-refractivity contribution >= 4 is 45.3 Å². The molecule has 3 rings (SSSR count). The molecule has 0 unspecified atom stereocenters. The molecule has 0 atom stereocenters. The molecule has 1 aromatic carbocycles. The fourth-order valence-corrected chi connectivity index (χ4v) is 2.95. The second kappa shape index (κ2) is 5.42. The predicted molar refractivity (Wildman–Crippen MR) is 83.7 cm³/mol. The van der Waals surface area contributed by atoms with Gasteiger partial charge >= 0.3 is 0 Å². The zero-order valence-electron chi connectivity index (χ0n) is 10.8. The van der Waals surface area contributed by atoms with E-state index in [4.69, 9.17) is 11.6 Å². The van der Waals surface area contributed by atoms with Crippen LogP contribution >= 0.6 is 23.4 Å². The fraction of sp³-hybridized carbons (Fsp3) is 0.214. The maximum Gasteiger partial charge on any atom is 0.259 e. The average molecular weight is 306 g/mol. The van der Waals surface area contributed by atoms with Crippen LogP contribution in [0.25, 0.3) is 10.9 Å². The number of hydrogen-bond donors (Lipinski definition) is 1. The Morgan fingerprint density at radius 3 is 3.00 bits per heavy atom. The van der Waals surface area contributed by atoms with Crippen LogP contribution in [0.5, 0.6) is 0 Å². The SMILES string of the molecule is Cc1nc2ccc(Cl)cc2cc1C(=O)NC1=NCCS1. The summed E-state index contributed by atoms with van der Waals surface area (Å²) in [6.45, 7) is 2.58. The summed E-state index contributed by atoms with van der Waals surface area (Å²) in [4.78, 5) is 20.9. The highest BCUT2D eigenvalue weighted by Gasteiger charge is 2.15. The highest BCUT2D eigenvalue weighted by atomic mass is 35.5. The minimum atomic E-state index is -0.176. The Morgan fingerprint density at radius 1 is 1.40 bits per heavy atom. The zero-order valence-corrected chi connectivity index (χ0v) is 12.4. The molecule has 0 bridgehead atoms. The molecule has 102 valence electrons. The summed E-state index contributed by atoms with van der Waals surface area (Å²) in [5.41, 5.74) is 2.08. The number of aryl methyl sites for hydroxylation is 1. The topological polar surface area (TPSA) is 54.4 Å². The van der Waals surface area contributed by atoms with Gasteiger partial charge in [0.25, 0.3) is 5.91 Å². The first kappa shape index (κ1) is 13.4. The number of carbonyl (C=O) groups excluding carboxylic acids is 1. The lowest BCUT2D eigenvalue weighted by atomic mass is 10.1. The minimum Gasteiger partial charge on any atom is -0.301 e. The molecule has 1 N–H and O–H groups in total. The van der Waals surface area contributed by atoms with Crippen molar-refractivity contribution in [2.45, 2.75) is 6.92 Å². The van der Waals surface area contributed by atoms with Crippen LogP contribution in [-0.4, -0.2) is 28.4 Å². The number of carbonyl (C=O) groups is 1. The van der Waals surface area contributed by atoms with Gasteiger partial charge in [0.1, 0.15) is 0 Å². The Morgan fingerprint density at radius 2 is 2.25 bits per heavy atom. The second-order valence-corrected chi connectivity index (χ2v) is 5.97. The van der Waals surface area contributed by atoms with Crippen molar-refractivity contribution in [3.05, 3.63) is 40.5 Å². The van der Waals surface area contributed by atoms with Crippen LogP contribution in [0.3, 0.4) is 0 Å². The van der Waals surface area contributed by atoms with E-state index in [9.17, 15) is 4.79 Å². The molecule has 1 aliphatic heterocycles. The van der Waals surface area contributed by atoms with Gasteiger partial charge in [-0.1, -0.05) is 23.4 Å². The number of aromatic nitrogens is 1. The third-order valence-corrected chi connectivity index (χ3v) is 4.14. The van der Waals surface area contributed by atoms with Crippen LogP contribution in [0, 0.1) is 6.92 Å². The standard InChI is InChI=1S/C14H12ClN3OS/c1-8-11(13(19)18-14-16-4-5-20-14)7-9-6-10(15)2-3-12(9)17-8/h2-3,6-7H,4-5H2,1H3,(H,16,18,19).